The van der Waals surface area contributed by atoms with Gasteiger partial charge in [-0.05, 0) is 12.5 Å². The smallest absolute Gasteiger partial charge is 0.248 e. The van der Waals surface area contributed by atoms with Crippen LogP contribution in [0.5, 0.6) is 0 Å². The number of aryl methyl sites for hydroxylation is 2. The van der Waals surface area contributed by atoms with Gasteiger partial charge in [0.1, 0.15) is 0 Å². The van der Waals surface area contributed by atoms with Crippen LogP contribution >= 0.6 is 0 Å². The van der Waals surface area contributed by atoms with E-state index in [-0.39, 0.29) is 5.56 Å². The van der Waals surface area contributed by atoms with Gasteiger partial charge in [0, 0.05) is 20.3 Å². The first kappa shape index (κ1) is 16.4. The highest BCUT2D eigenvalue weighted by molar-refractivity contribution is 7.91. The molecule has 0 unspecified atom stereocenters. The fraction of sp³-hybridized carbons (Fsp3) is 0.312. The molecule has 7 nitrogen and oxygen atoms in total. The molecule has 1 amide bonds. The average molecular weight is 347 g/mol. The van der Waals surface area contributed by atoms with Gasteiger partial charge in [0.2, 0.25) is 15.9 Å². The molecular formula is C16H17N3O4S. The minimum Gasteiger partial charge on any atom is -0.292 e. The van der Waals surface area contributed by atoms with Gasteiger partial charge in [-0.25, -0.2) is 12.7 Å². The van der Waals surface area contributed by atoms with Crippen LogP contribution in [-0.2, 0) is 21.9 Å². The average Bonchev–Trinajstić information content (AvgIpc) is 3.04. The standard InChI is InChI=1S/C16H17N3O4S/c1-10-4-6-11(7-5-10)13-15(24(22,23)19(3)16(13)21)14(20)12-8-17-18(2)9-12/h4-9,13,15H,1-3H3/t13-,15+/m0/s1. The Morgan fingerprint density at radius 2 is 1.79 bits per heavy atom. The molecular weight excluding hydrogens is 330 g/mol. The maximum absolute atomic E-state index is 12.8. The van der Waals surface area contributed by atoms with Crippen LogP contribution in [0.15, 0.2) is 36.7 Å². The van der Waals surface area contributed by atoms with E-state index in [0.29, 0.717) is 9.87 Å². The number of amides is 1. The van der Waals surface area contributed by atoms with Crippen LogP contribution in [0.3, 0.4) is 0 Å². The molecule has 1 saturated heterocycles. The summed E-state index contributed by atoms with van der Waals surface area (Å²) in [6, 6.07) is 6.96. The van der Waals surface area contributed by atoms with Crippen molar-refractivity contribution in [3.8, 4) is 0 Å². The second-order valence-electron chi connectivity index (χ2n) is 5.93. The number of sulfonamides is 1. The van der Waals surface area contributed by atoms with Crippen LogP contribution in [0.4, 0.5) is 0 Å². The van der Waals surface area contributed by atoms with E-state index in [0.717, 1.165) is 5.56 Å². The van der Waals surface area contributed by atoms with E-state index in [2.05, 4.69) is 5.10 Å². The Kier molecular flexibility index (Phi) is 3.79. The number of carbonyl (C=O) groups excluding carboxylic acids is 2. The Morgan fingerprint density at radius 1 is 1.17 bits per heavy atom. The summed E-state index contributed by atoms with van der Waals surface area (Å²) in [5, 5.41) is 2.44. The number of Topliss-reactive ketones (excluding diaryl/α,β-unsaturated/α-hetero) is 1. The van der Waals surface area contributed by atoms with Crippen LogP contribution in [0.2, 0.25) is 0 Å². The maximum atomic E-state index is 12.8. The Balaban J connectivity index is 2.12. The molecule has 1 aliphatic rings. The molecule has 0 aliphatic carbocycles. The molecule has 2 atom stereocenters. The Hall–Kier alpha value is -2.48. The van der Waals surface area contributed by atoms with E-state index in [1.165, 1.54) is 24.1 Å². The van der Waals surface area contributed by atoms with Crippen LogP contribution in [0.1, 0.15) is 27.4 Å². The number of rotatable bonds is 3. The highest BCUT2D eigenvalue weighted by Gasteiger charge is 2.55. The van der Waals surface area contributed by atoms with E-state index in [1.807, 2.05) is 6.92 Å². The van der Waals surface area contributed by atoms with Gasteiger partial charge in [-0.2, -0.15) is 5.10 Å². The molecule has 0 bridgehead atoms. The number of carbonyl (C=O) groups is 2. The molecule has 1 aromatic carbocycles. The fourth-order valence-electron chi connectivity index (χ4n) is 2.88. The molecule has 0 spiro atoms. The third-order valence-electron chi connectivity index (χ3n) is 4.27. The number of likely N-dealkylation sites (N-methyl/N-ethyl adjacent to an activating group) is 1. The molecule has 126 valence electrons. The van der Waals surface area contributed by atoms with Gasteiger partial charge in [-0.15, -0.1) is 0 Å². The van der Waals surface area contributed by atoms with Crippen molar-refractivity contribution >= 4 is 21.7 Å². The monoisotopic (exact) mass is 347 g/mol. The Bertz CT molecular complexity index is 915. The lowest BCUT2D eigenvalue weighted by Gasteiger charge is -2.14. The molecule has 0 N–H and O–H groups in total. The summed E-state index contributed by atoms with van der Waals surface area (Å²) >= 11 is 0. The highest BCUT2D eigenvalue weighted by Crippen LogP contribution is 2.37. The largest absolute Gasteiger partial charge is 0.292 e. The fourth-order valence-corrected chi connectivity index (χ4v) is 4.61. The number of benzene rings is 1. The number of aromatic nitrogens is 2. The van der Waals surface area contributed by atoms with E-state index in [4.69, 9.17) is 0 Å². The summed E-state index contributed by atoms with van der Waals surface area (Å²) < 4.78 is 27.4. The summed E-state index contributed by atoms with van der Waals surface area (Å²) in [5.74, 6) is -2.26. The SMILES string of the molecule is Cc1ccc([C@@H]2C(=O)N(C)S(=O)(=O)[C@H]2C(=O)c2cnn(C)c2)cc1. The predicted octanol–water partition coefficient (Wildman–Crippen LogP) is 0.865. The molecule has 1 aromatic heterocycles. The number of hydrogen-bond donors (Lipinski definition) is 0. The van der Waals surface area contributed by atoms with Crippen LogP contribution in [-0.4, -0.2) is 46.5 Å². The van der Waals surface area contributed by atoms with Crippen molar-refractivity contribution in [2.75, 3.05) is 7.05 Å². The molecule has 3 rings (SSSR count). The second kappa shape index (κ2) is 5.55. The summed E-state index contributed by atoms with van der Waals surface area (Å²) in [6.45, 7) is 1.89. The predicted molar refractivity (Wildman–Crippen MR) is 86.9 cm³/mol. The first-order chi connectivity index (χ1) is 11.2. The quantitative estimate of drug-likeness (QED) is 0.769. The second-order valence-corrected chi connectivity index (χ2v) is 8.01. The summed E-state index contributed by atoms with van der Waals surface area (Å²) in [5.41, 5.74) is 1.67. The Labute approximate surface area is 139 Å². The van der Waals surface area contributed by atoms with Gasteiger partial charge in [0.25, 0.3) is 0 Å². The lowest BCUT2D eigenvalue weighted by atomic mass is 9.90. The normalized spacial score (nSPS) is 22.8. The summed E-state index contributed by atoms with van der Waals surface area (Å²) in [7, 11) is -1.24. The molecule has 8 heteroatoms. The van der Waals surface area contributed by atoms with Gasteiger partial charge in [0.15, 0.2) is 11.0 Å². The first-order valence-corrected chi connectivity index (χ1v) is 8.85. The molecule has 0 saturated carbocycles. The lowest BCUT2D eigenvalue weighted by molar-refractivity contribution is -0.125. The molecule has 24 heavy (non-hydrogen) atoms. The van der Waals surface area contributed by atoms with Gasteiger partial charge >= 0.3 is 0 Å². The van der Waals surface area contributed by atoms with E-state index >= 15 is 0 Å². The first-order valence-electron chi connectivity index (χ1n) is 7.34. The number of hydrogen-bond acceptors (Lipinski definition) is 5. The minimum absolute atomic E-state index is 0.172. The van der Waals surface area contributed by atoms with Crippen molar-refractivity contribution < 1.29 is 18.0 Å². The zero-order valence-electron chi connectivity index (χ0n) is 13.5. The van der Waals surface area contributed by atoms with E-state index < -0.39 is 32.9 Å². The third kappa shape index (κ3) is 2.43. The maximum Gasteiger partial charge on any atom is 0.248 e. The van der Waals surface area contributed by atoms with Crippen molar-refractivity contribution in [1.82, 2.24) is 14.1 Å². The van der Waals surface area contributed by atoms with Crippen LogP contribution in [0.25, 0.3) is 0 Å². The Morgan fingerprint density at radius 3 is 2.33 bits per heavy atom. The van der Waals surface area contributed by atoms with Gasteiger partial charge in [0.05, 0.1) is 17.7 Å². The molecule has 2 heterocycles. The van der Waals surface area contributed by atoms with Crippen molar-refractivity contribution in [1.29, 1.82) is 0 Å². The molecule has 1 fully saturated rings. The third-order valence-corrected chi connectivity index (χ3v) is 6.34. The highest BCUT2D eigenvalue weighted by atomic mass is 32.2. The zero-order valence-corrected chi connectivity index (χ0v) is 14.3. The molecule has 2 aromatic rings. The van der Waals surface area contributed by atoms with Gasteiger partial charge in [-0.3, -0.25) is 14.3 Å². The lowest BCUT2D eigenvalue weighted by Crippen LogP contribution is -2.33. The minimum atomic E-state index is -4.06. The van der Waals surface area contributed by atoms with Crippen LogP contribution < -0.4 is 0 Å². The van der Waals surface area contributed by atoms with Gasteiger partial charge < -0.3 is 0 Å². The van der Waals surface area contributed by atoms with Crippen molar-refractivity contribution in [3.63, 3.8) is 0 Å². The van der Waals surface area contributed by atoms with E-state index in [1.54, 1.807) is 31.3 Å². The zero-order chi connectivity index (χ0) is 17.6. The van der Waals surface area contributed by atoms with Crippen LogP contribution in [0, 0.1) is 6.92 Å². The summed E-state index contributed by atoms with van der Waals surface area (Å²) in [4.78, 5) is 25.3. The van der Waals surface area contributed by atoms with Crippen molar-refractivity contribution in [3.05, 3.63) is 53.3 Å². The van der Waals surface area contributed by atoms with Crippen molar-refractivity contribution in [2.24, 2.45) is 7.05 Å². The van der Waals surface area contributed by atoms with Crippen molar-refractivity contribution in [2.45, 2.75) is 18.1 Å². The molecule has 0 radical (unpaired) electrons. The number of nitrogens with zero attached hydrogens (tertiary/aromatic N) is 3. The topological polar surface area (TPSA) is 89.3 Å². The number of ketones is 1. The van der Waals surface area contributed by atoms with Gasteiger partial charge in [-0.1, -0.05) is 29.8 Å². The molecule has 1 aliphatic heterocycles. The van der Waals surface area contributed by atoms with E-state index in [9.17, 15) is 18.0 Å². The summed E-state index contributed by atoms with van der Waals surface area (Å²) in [6.07, 6.45) is 2.76.